The Bertz CT molecular complexity index is 961. The van der Waals surface area contributed by atoms with Gasteiger partial charge >= 0.3 is 0 Å². The average molecular weight is 439 g/mol. The number of benzene rings is 2. The Balaban J connectivity index is 1.62. The van der Waals surface area contributed by atoms with E-state index in [9.17, 15) is 17.6 Å². The summed E-state index contributed by atoms with van der Waals surface area (Å²) < 4.78 is 38.8. The molecule has 2 aromatic carbocycles. The van der Waals surface area contributed by atoms with Crippen LogP contribution in [-0.2, 0) is 21.2 Å². The molecule has 2 aromatic rings. The van der Waals surface area contributed by atoms with Crippen LogP contribution in [0.25, 0.3) is 0 Å². The predicted molar refractivity (Wildman–Crippen MR) is 113 cm³/mol. The van der Waals surface area contributed by atoms with Crippen molar-refractivity contribution in [3.63, 3.8) is 0 Å². The van der Waals surface area contributed by atoms with Crippen LogP contribution in [-0.4, -0.2) is 45.1 Å². The molecule has 29 heavy (non-hydrogen) atoms. The van der Waals surface area contributed by atoms with Gasteiger partial charge in [-0.25, -0.2) is 12.8 Å². The number of likely N-dealkylation sites (tertiary alicyclic amines) is 1. The molecular weight excluding hydrogens is 415 g/mol. The van der Waals surface area contributed by atoms with Gasteiger partial charge in [0.25, 0.3) is 0 Å². The van der Waals surface area contributed by atoms with Crippen LogP contribution >= 0.6 is 11.6 Å². The van der Waals surface area contributed by atoms with Gasteiger partial charge in [0.05, 0.1) is 17.0 Å². The molecular formula is C21H24ClFN2O3S. The van der Waals surface area contributed by atoms with Crippen LogP contribution in [0.1, 0.15) is 18.4 Å². The number of carbonyl (C=O) groups is 1. The fraction of sp³-hybridized carbons (Fsp3) is 0.381. The van der Waals surface area contributed by atoms with E-state index >= 15 is 0 Å². The summed E-state index contributed by atoms with van der Waals surface area (Å²) in [6, 6.07) is 13.9. The number of sulfonamides is 1. The third-order valence-electron chi connectivity index (χ3n) is 5.20. The van der Waals surface area contributed by atoms with Gasteiger partial charge in [-0.3, -0.25) is 9.10 Å². The van der Waals surface area contributed by atoms with Crippen molar-refractivity contribution in [2.24, 2.45) is 5.92 Å². The van der Waals surface area contributed by atoms with Crippen LogP contribution in [0, 0.1) is 11.7 Å². The fourth-order valence-electron chi connectivity index (χ4n) is 3.60. The first-order valence-electron chi connectivity index (χ1n) is 9.48. The van der Waals surface area contributed by atoms with Crippen LogP contribution < -0.4 is 4.31 Å². The van der Waals surface area contributed by atoms with Crippen molar-refractivity contribution in [2.45, 2.75) is 19.3 Å². The maximum absolute atomic E-state index is 13.4. The molecule has 0 atom stereocenters. The van der Waals surface area contributed by atoms with Gasteiger partial charge in [-0.1, -0.05) is 41.9 Å². The van der Waals surface area contributed by atoms with Crippen LogP contribution in [0.4, 0.5) is 10.1 Å². The minimum Gasteiger partial charge on any atom is -0.341 e. The second-order valence-corrected chi connectivity index (χ2v) is 9.70. The monoisotopic (exact) mass is 438 g/mol. The lowest BCUT2D eigenvalue weighted by Gasteiger charge is -2.33. The summed E-state index contributed by atoms with van der Waals surface area (Å²) in [5, 5.41) is -0.190. The van der Waals surface area contributed by atoms with Crippen LogP contribution in [0.15, 0.2) is 48.5 Å². The van der Waals surface area contributed by atoms with Crippen molar-refractivity contribution >= 4 is 33.2 Å². The molecule has 3 rings (SSSR count). The van der Waals surface area contributed by atoms with Crippen molar-refractivity contribution in [1.29, 1.82) is 0 Å². The van der Waals surface area contributed by atoms with Crippen molar-refractivity contribution in [3.05, 3.63) is 64.9 Å². The summed E-state index contributed by atoms with van der Waals surface area (Å²) in [7, 11) is -3.73. The molecule has 1 fully saturated rings. The first kappa shape index (κ1) is 21.6. The van der Waals surface area contributed by atoms with E-state index in [0.717, 1.165) is 35.9 Å². The number of hydrogen-bond donors (Lipinski definition) is 0. The van der Waals surface area contributed by atoms with E-state index in [-0.39, 0.29) is 23.2 Å². The summed E-state index contributed by atoms with van der Waals surface area (Å²) in [5.74, 6) is -0.409. The molecule has 0 unspecified atom stereocenters. The van der Waals surface area contributed by atoms with Gasteiger partial charge in [0.1, 0.15) is 12.4 Å². The van der Waals surface area contributed by atoms with Crippen LogP contribution in [0.2, 0.25) is 5.02 Å². The third kappa shape index (κ3) is 5.70. The Morgan fingerprint density at radius 2 is 1.83 bits per heavy atom. The quantitative estimate of drug-likeness (QED) is 0.690. The standard InChI is InChI=1S/C21H24ClFN2O3S/c1-29(27,28)25(18-7-8-20(23)19(22)14-18)15-21(26)24-11-9-17(10-12-24)13-16-5-3-2-4-6-16/h2-8,14,17H,9-13,15H2,1H3. The van der Waals surface area contributed by atoms with Gasteiger partial charge in [-0.2, -0.15) is 0 Å². The molecule has 0 aromatic heterocycles. The molecule has 0 aliphatic carbocycles. The van der Waals surface area contributed by atoms with E-state index in [1.165, 1.54) is 17.7 Å². The highest BCUT2D eigenvalue weighted by Gasteiger charge is 2.27. The Kier molecular flexibility index (Phi) is 6.80. The Hall–Kier alpha value is -2.12. The molecule has 156 valence electrons. The average Bonchev–Trinajstić information content (AvgIpc) is 2.69. The zero-order valence-corrected chi connectivity index (χ0v) is 17.8. The molecule has 8 heteroatoms. The lowest BCUT2D eigenvalue weighted by atomic mass is 9.90. The summed E-state index contributed by atoms with van der Waals surface area (Å²) in [5.41, 5.74) is 1.46. The molecule has 1 saturated heterocycles. The molecule has 0 bridgehead atoms. The van der Waals surface area contributed by atoms with Gasteiger partial charge in [-0.15, -0.1) is 0 Å². The van der Waals surface area contributed by atoms with E-state index in [1.54, 1.807) is 4.90 Å². The largest absolute Gasteiger partial charge is 0.341 e. The summed E-state index contributed by atoms with van der Waals surface area (Å²) >= 11 is 5.78. The summed E-state index contributed by atoms with van der Waals surface area (Å²) in [6.45, 7) is 0.861. The zero-order valence-electron chi connectivity index (χ0n) is 16.2. The molecule has 1 aliphatic heterocycles. The SMILES string of the molecule is CS(=O)(=O)N(CC(=O)N1CCC(Cc2ccccc2)CC1)c1ccc(F)c(Cl)c1. The first-order chi connectivity index (χ1) is 13.7. The number of hydrogen-bond acceptors (Lipinski definition) is 3. The lowest BCUT2D eigenvalue weighted by molar-refractivity contribution is -0.130. The van der Waals surface area contributed by atoms with Gasteiger partial charge in [0, 0.05) is 13.1 Å². The van der Waals surface area contributed by atoms with E-state index in [0.29, 0.717) is 19.0 Å². The molecule has 0 radical (unpaired) electrons. The summed E-state index contributed by atoms with van der Waals surface area (Å²) in [6.07, 6.45) is 3.75. The molecule has 5 nitrogen and oxygen atoms in total. The first-order valence-corrected chi connectivity index (χ1v) is 11.7. The highest BCUT2D eigenvalue weighted by atomic mass is 35.5. The smallest absolute Gasteiger partial charge is 0.243 e. The summed E-state index contributed by atoms with van der Waals surface area (Å²) in [4.78, 5) is 14.5. The Labute approximate surface area is 176 Å². The number of rotatable bonds is 6. The van der Waals surface area contributed by atoms with E-state index in [2.05, 4.69) is 12.1 Å². The highest BCUT2D eigenvalue weighted by Crippen LogP contribution is 2.26. The molecule has 1 amide bonds. The normalized spacial score (nSPS) is 15.3. The Morgan fingerprint density at radius 1 is 1.17 bits per heavy atom. The molecule has 1 heterocycles. The van der Waals surface area contributed by atoms with E-state index < -0.39 is 15.8 Å². The van der Waals surface area contributed by atoms with Gasteiger partial charge < -0.3 is 4.90 Å². The number of anilines is 1. The van der Waals surface area contributed by atoms with E-state index in [1.807, 2.05) is 18.2 Å². The Morgan fingerprint density at radius 3 is 2.41 bits per heavy atom. The maximum atomic E-state index is 13.4. The number of nitrogens with zero attached hydrogens (tertiary/aromatic N) is 2. The fourth-order valence-corrected chi connectivity index (χ4v) is 4.61. The molecule has 1 aliphatic rings. The van der Waals surface area contributed by atoms with Crippen molar-refractivity contribution in [2.75, 3.05) is 30.2 Å². The van der Waals surface area contributed by atoms with Crippen LogP contribution in [0.3, 0.4) is 0 Å². The van der Waals surface area contributed by atoms with Crippen molar-refractivity contribution in [3.8, 4) is 0 Å². The lowest BCUT2D eigenvalue weighted by Crippen LogP contribution is -2.46. The van der Waals surface area contributed by atoms with Gasteiger partial charge in [-0.05, 0) is 48.9 Å². The molecule has 0 N–H and O–H groups in total. The van der Waals surface area contributed by atoms with Crippen molar-refractivity contribution in [1.82, 2.24) is 4.90 Å². The number of amides is 1. The van der Waals surface area contributed by atoms with E-state index in [4.69, 9.17) is 11.6 Å². The second-order valence-electron chi connectivity index (χ2n) is 7.38. The van der Waals surface area contributed by atoms with Crippen molar-refractivity contribution < 1.29 is 17.6 Å². The van der Waals surface area contributed by atoms with Crippen LogP contribution in [0.5, 0.6) is 0 Å². The zero-order chi connectivity index (χ0) is 21.0. The third-order valence-corrected chi connectivity index (χ3v) is 6.64. The molecule has 0 spiro atoms. The minimum atomic E-state index is -3.73. The number of halogens is 2. The highest BCUT2D eigenvalue weighted by molar-refractivity contribution is 7.92. The van der Waals surface area contributed by atoms with Gasteiger partial charge in [0.15, 0.2) is 0 Å². The topological polar surface area (TPSA) is 57.7 Å². The number of carbonyl (C=O) groups excluding carboxylic acids is 1. The maximum Gasteiger partial charge on any atom is 0.243 e. The second kappa shape index (κ2) is 9.13. The minimum absolute atomic E-state index is 0.172. The van der Waals surface area contributed by atoms with Gasteiger partial charge in [0.2, 0.25) is 15.9 Å². The molecule has 0 saturated carbocycles. The predicted octanol–water partition coefficient (Wildman–Crippen LogP) is 3.73. The number of piperidine rings is 1.